The number of hydrogen-bond donors (Lipinski definition) is 3. The summed E-state index contributed by atoms with van der Waals surface area (Å²) >= 11 is 1.10. The number of likely N-dealkylation sites (tertiary alicyclic amines) is 1. The van der Waals surface area contributed by atoms with Crippen LogP contribution in [0.1, 0.15) is 39.2 Å². The van der Waals surface area contributed by atoms with Crippen molar-refractivity contribution in [2.24, 2.45) is 0 Å². The fourth-order valence-corrected chi connectivity index (χ4v) is 4.94. The Balaban J connectivity index is 1.87. The number of nitrogens with zero attached hydrogens (tertiary/aromatic N) is 3. The lowest BCUT2D eigenvalue weighted by molar-refractivity contribution is -0.117. The van der Waals surface area contributed by atoms with Gasteiger partial charge in [-0.15, -0.1) is 11.3 Å². The van der Waals surface area contributed by atoms with Gasteiger partial charge in [0.05, 0.1) is 12.1 Å². The summed E-state index contributed by atoms with van der Waals surface area (Å²) in [5.74, 6) is -0.616. The van der Waals surface area contributed by atoms with Gasteiger partial charge in [0.15, 0.2) is 5.57 Å². The van der Waals surface area contributed by atoms with Crippen LogP contribution in [-0.4, -0.2) is 52.3 Å². The number of carbonyl (C=O) groups excluding carboxylic acids is 1. The second kappa shape index (κ2) is 11.5. The van der Waals surface area contributed by atoms with E-state index < -0.39 is 11.4 Å². The van der Waals surface area contributed by atoms with Crippen molar-refractivity contribution in [3.8, 4) is 6.07 Å². The minimum Gasteiger partial charge on any atom is -0.394 e. The van der Waals surface area contributed by atoms with E-state index in [4.69, 9.17) is 0 Å². The van der Waals surface area contributed by atoms with Crippen LogP contribution >= 0.6 is 11.3 Å². The molecule has 8 nitrogen and oxygen atoms in total. The smallest absolute Gasteiger partial charge is 0.270 e. The molecule has 1 aliphatic rings. The maximum atomic E-state index is 12.9. The van der Waals surface area contributed by atoms with Gasteiger partial charge in [0.25, 0.3) is 11.5 Å². The molecule has 182 valence electrons. The van der Waals surface area contributed by atoms with Crippen LogP contribution in [0.5, 0.6) is 0 Å². The number of nitriles is 1. The number of amides is 1. The molecular weight excluding hydrogens is 450 g/mol. The molecule has 1 saturated heterocycles. The van der Waals surface area contributed by atoms with E-state index in [9.17, 15) is 20.0 Å². The number of aliphatic hydroxyl groups excluding tert-OH is 1. The lowest BCUT2D eigenvalue weighted by atomic mass is 10.1. The van der Waals surface area contributed by atoms with E-state index in [0.717, 1.165) is 30.0 Å². The highest BCUT2D eigenvalue weighted by atomic mass is 32.1. The predicted molar refractivity (Wildman–Crippen MR) is 136 cm³/mol. The molecule has 0 unspecified atom stereocenters. The summed E-state index contributed by atoms with van der Waals surface area (Å²) in [6.07, 6.45) is 5.16. The number of carbonyl (C=O) groups is 1. The lowest BCUT2D eigenvalue weighted by Crippen LogP contribution is -2.47. The third-order valence-corrected chi connectivity index (χ3v) is 6.97. The van der Waals surface area contributed by atoms with Crippen molar-refractivity contribution in [1.82, 2.24) is 14.8 Å². The highest BCUT2D eigenvalue weighted by Gasteiger charge is 2.23. The molecule has 0 radical (unpaired) electrons. The molecule has 0 atom stereocenters. The minimum atomic E-state index is -0.885. The number of thiazole rings is 1. The number of nitrogens with one attached hydrogen (secondary N) is 2. The summed E-state index contributed by atoms with van der Waals surface area (Å²) in [7, 11) is 0. The Kier molecular flexibility index (Phi) is 8.67. The van der Waals surface area contributed by atoms with Gasteiger partial charge in [-0.3, -0.25) is 14.2 Å². The standard InChI is InChI=1S/C25H33N5O3S/c1-4-30-23(33)21(34-24(30)20(15-26)22(32)28-25(2,3)17-31)16-27-19-9-7-8-18(14-19)10-13-29-11-5-6-12-29/h7-9,14,16,27,31H,4-6,10-13,17H2,1-3H3,(H,28,32). The van der Waals surface area contributed by atoms with E-state index in [1.54, 1.807) is 27.0 Å². The zero-order valence-electron chi connectivity index (χ0n) is 20.1. The Bertz CT molecular complexity index is 1230. The molecule has 34 heavy (non-hydrogen) atoms. The van der Waals surface area contributed by atoms with E-state index in [1.807, 2.05) is 18.2 Å². The third kappa shape index (κ3) is 6.35. The Hall–Kier alpha value is -2.93. The lowest BCUT2D eigenvalue weighted by Gasteiger charge is -2.22. The van der Waals surface area contributed by atoms with Crippen LogP contribution in [0.4, 0.5) is 5.69 Å². The first-order valence-electron chi connectivity index (χ1n) is 11.6. The third-order valence-electron chi connectivity index (χ3n) is 5.84. The number of anilines is 1. The summed E-state index contributed by atoms with van der Waals surface area (Å²) in [5.41, 5.74) is 0.815. The molecule has 0 spiro atoms. The highest BCUT2D eigenvalue weighted by molar-refractivity contribution is 7.07. The normalized spacial score (nSPS) is 15.8. The molecule has 1 fully saturated rings. The summed E-state index contributed by atoms with van der Waals surface area (Å²) in [4.78, 5) is 28.1. The Labute approximate surface area is 203 Å². The number of aromatic nitrogens is 1. The van der Waals surface area contributed by atoms with Crippen molar-refractivity contribution in [3.63, 3.8) is 0 Å². The van der Waals surface area contributed by atoms with Gasteiger partial charge in [-0.05, 0) is 70.8 Å². The van der Waals surface area contributed by atoms with Gasteiger partial charge in [-0.2, -0.15) is 5.26 Å². The Morgan fingerprint density at radius 2 is 2.06 bits per heavy atom. The van der Waals surface area contributed by atoms with Crippen molar-refractivity contribution < 1.29 is 9.90 Å². The molecule has 1 aliphatic heterocycles. The van der Waals surface area contributed by atoms with Crippen LogP contribution in [0, 0.1) is 11.3 Å². The van der Waals surface area contributed by atoms with Crippen molar-refractivity contribution in [3.05, 3.63) is 49.4 Å². The number of rotatable bonds is 9. The first-order valence-corrected chi connectivity index (χ1v) is 12.4. The maximum Gasteiger partial charge on any atom is 0.270 e. The SMILES string of the molecule is CCn1c(=C(C#N)C(=O)NC(C)(C)CO)sc(=CNc2cccc(CCN3CCCC3)c2)c1=O. The Morgan fingerprint density at radius 3 is 2.71 bits per heavy atom. The van der Waals surface area contributed by atoms with Gasteiger partial charge < -0.3 is 20.6 Å². The number of aliphatic hydroxyl groups is 1. The van der Waals surface area contributed by atoms with Gasteiger partial charge in [0.1, 0.15) is 15.3 Å². The summed E-state index contributed by atoms with van der Waals surface area (Å²) in [6.45, 7) is 8.55. The van der Waals surface area contributed by atoms with E-state index >= 15 is 0 Å². The maximum absolute atomic E-state index is 12.9. The number of benzene rings is 1. The molecule has 3 N–H and O–H groups in total. The first kappa shape index (κ1) is 25.7. The Morgan fingerprint density at radius 1 is 1.32 bits per heavy atom. The minimum absolute atomic E-state index is 0.144. The number of hydrogen-bond acceptors (Lipinski definition) is 7. The van der Waals surface area contributed by atoms with E-state index in [1.165, 1.54) is 36.1 Å². The second-order valence-corrected chi connectivity index (χ2v) is 10.1. The molecular formula is C25H33N5O3S. The van der Waals surface area contributed by atoms with Crippen LogP contribution in [0.25, 0.3) is 11.8 Å². The summed E-state index contributed by atoms with van der Waals surface area (Å²) in [6, 6.07) is 10.1. The van der Waals surface area contributed by atoms with Gasteiger partial charge in [-0.1, -0.05) is 12.1 Å². The highest BCUT2D eigenvalue weighted by Crippen LogP contribution is 2.13. The molecule has 9 heteroatoms. The van der Waals surface area contributed by atoms with Crippen LogP contribution in [-0.2, 0) is 17.8 Å². The van der Waals surface area contributed by atoms with Gasteiger partial charge >= 0.3 is 0 Å². The van der Waals surface area contributed by atoms with E-state index in [-0.39, 0.29) is 17.7 Å². The monoisotopic (exact) mass is 483 g/mol. The first-order chi connectivity index (χ1) is 16.3. The molecule has 1 aromatic carbocycles. The van der Waals surface area contributed by atoms with Gasteiger partial charge in [0.2, 0.25) is 0 Å². The van der Waals surface area contributed by atoms with Crippen molar-refractivity contribution in [2.75, 3.05) is 31.6 Å². The molecule has 3 rings (SSSR count). The summed E-state index contributed by atoms with van der Waals surface area (Å²) in [5, 5.41) is 24.9. The average molecular weight is 484 g/mol. The van der Waals surface area contributed by atoms with Crippen LogP contribution in [0.15, 0.2) is 29.1 Å². The molecule has 0 saturated carbocycles. The van der Waals surface area contributed by atoms with E-state index in [2.05, 4.69) is 27.7 Å². The molecule has 0 bridgehead atoms. The quantitative estimate of drug-likeness (QED) is 0.491. The fourth-order valence-electron chi connectivity index (χ4n) is 3.86. The van der Waals surface area contributed by atoms with E-state index in [0.29, 0.717) is 15.7 Å². The summed E-state index contributed by atoms with van der Waals surface area (Å²) < 4.78 is 2.13. The van der Waals surface area contributed by atoms with Crippen LogP contribution in [0.3, 0.4) is 0 Å². The van der Waals surface area contributed by atoms with Crippen LogP contribution in [0.2, 0.25) is 0 Å². The molecule has 2 heterocycles. The second-order valence-electron chi connectivity index (χ2n) is 9.09. The zero-order valence-corrected chi connectivity index (χ0v) is 20.9. The van der Waals surface area contributed by atoms with Crippen molar-refractivity contribution in [1.29, 1.82) is 5.26 Å². The van der Waals surface area contributed by atoms with Crippen molar-refractivity contribution >= 4 is 34.7 Å². The van der Waals surface area contributed by atoms with Gasteiger partial charge in [0, 0.05) is 25.0 Å². The molecule has 1 amide bonds. The topological polar surface area (TPSA) is 110 Å². The van der Waals surface area contributed by atoms with Crippen molar-refractivity contribution in [2.45, 2.75) is 52.1 Å². The predicted octanol–water partition coefficient (Wildman–Crippen LogP) is 0.979. The largest absolute Gasteiger partial charge is 0.394 e. The molecule has 2 aromatic rings. The van der Waals surface area contributed by atoms with Crippen LogP contribution < -0.4 is 25.4 Å². The molecule has 1 aromatic heterocycles. The van der Waals surface area contributed by atoms with Gasteiger partial charge in [-0.25, -0.2) is 0 Å². The fraction of sp³-hybridized carbons (Fsp3) is 0.480. The average Bonchev–Trinajstić information content (AvgIpc) is 3.44. The zero-order chi connectivity index (χ0) is 24.7. The molecule has 0 aliphatic carbocycles.